The zero-order valence-electron chi connectivity index (χ0n) is 14.6. The van der Waals surface area contributed by atoms with Crippen molar-refractivity contribution in [2.45, 2.75) is 6.42 Å². The van der Waals surface area contributed by atoms with Crippen LogP contribution < -0.4 is 15.7 Å². The molecule has 0 saturated heterocycles. The van der Waals surface area contributed by atoms with Gasteiger partial charge in [-0.2, -0.15) is 5.10 Å². The van der Waals surface area contributed by atoms with Crippen LogP contribution in [0, 0.1) is 0 Å². The highest BCUT2D eigenvalue weighted by Gasteiger charge is 2.05. The fourth-order valence-electron chi connectivity index (χ4n) is 2.58. The van der Waals surface area contributed by atoms with Crippen LogP contribution in [0.4, 0.5) is 0 Å². The Hall–Kier alpha value is -3.67. The molecule has 0 saturated carbocycles. The molecule has 0 atom stereocenters. The molecule has 0 aliphatic carbocycles. The van der Waals surface area contributed by atoms with Crippen LogP contribution >= 0.6 is 0 Å². The number of H-pyrrole nitrogens is 1. The number of aromatic nitrogens is 1. The number of fused-ring (bicyclic) bond motifs is 1. The molecule has 6 heteroatoms. The van der Waals surface area contributed by atoms with Crippen LogP contribution in [0.5, 0.6) is 5.75 Å². The summed E-state index contributed by atoms with van der Waals surface area (Å²) in [5.41, 5.74) is 4.13. The average Bonchev–Trinajstić information content (AvgIpc) is 2.68. The lowest BCUT2D eigenvalue weighted by molar-refractivity contribution is -0.123. The molecule has 6 nitrogen and oxygen atoms in total. The van der Waals surface area contributed by atoms with E-state index in [1.807, 2.05) is 42.5 Å². The number of allylic oxidation sites excluding steroid dienone is 1. The Balaban J connectivity index is 1.60. The lowest BCUT2D eigenvalue weighted by Gasteiger charge is -2.09. The molecule has 0 fully saturated rings. The summed E-state index contributed by atoms with van der Waals surface area (Å²) in [6.45, 7) is 3.52. The molecule has 0 spiro atoms. The minimum absolute atomic E-state index is 0.181. The second kappa shape index (κ2) is 8.62. The maximum absolute atomic E-state index is 12.0. The van der Waals surface area contributed by atoms with Gasteiger partial charge in [0.25, 0.3) is 11.5 Å². The van der Waals surface area contributed by atoms with E-state index in [4.69, 9.17) is 4.74 Å². The van der Waals surface area contributed by atoms with Crippen molar-refractivity contribution in [3.8, 4) is 5.75 Å². The first-order chi connectivity index (χ1) is 13.2. The highest BCUT2D eigenvalue weighted by atomic mass is 16.5. The number of carbonyl (C=O) groups excluding carboxylic acids is 1. The van der Waals surface area contributed by atoms with E-state index >= 15 is 0 Å². The molecule has 0 aliphatic rings. The van der Waals surface area contributed by atoms with Gasteiger partial charge in [0, 0.05) is 5.52 Å². The summed E-state index contributed by atoms with van der Waals surface area (Å²) < 4.78 is 5.53. The molecule has 3 rings (SSSR count). The average molecular weight is 361 g/mol. The third-order valence-electron chi connectivity index (χ3n) is 3.87. The van der Waals surface area contributed by atoms with Crippen molar-refractivity contribution >= 4 is 23.0 Å². The number of hydrogen-bond donors (Lipinski definition) is 2. The molecule has 1 aromatic heterocycles. The van der Waals surface area contributed by atoms with Crippen LogP contribution in [-0.2, 0) is 11.2 Å². The summed E-state index contributed by atoms with van der Waals surface area (Å²) in [6.07, 6.45) is 3.74. The Bertz CT molecular complexity index is 1050. The molecule has 136 valence electrons. The van der Waals surface area contributed by atoms with E-state index in [0.29, 0.717) is 17.7 Å². The number of rotatable bonds is 7. The van der Waals surface area contributed by atoms with Crippen LogP contribution in [0.25, 0.3) is 10.9 Å². The Morgan fingerprint density at radius 3 is 2.81 bits per heavy atom. The monoisotopic (exact) mass is 361 g/mol. The predicted octanol–water partition coefficient (Wildman–Crippen LogP) is 2.79. The quantitative estimate of drug-likeness (QED) is 0.386. The van der Waals surface area contributed by atoms with Crippen LogP contribution in [0.2, 0.25) is 0 Å². The molecule has 0 bridgehead atoms. The van der Waals surface area contributed by atoms with Crippen LogP contribution in [0.15, 0.2) is 77.1 Å². The number of carbonyl (C=O) groups is 1. The first-order valence-electron chi connectivity index (χ1n) is 8.43. The number of benzene rings is 2. The summed E-state index contributed by atoms with van der Waals surface area (Å²) >= 11 is 0. The Morgan fingerprint density at radius 2 is 1.96 bits per heavy atom. The van der Waals surface area contributed by atoms with E-state index in [2.05, 4.69) is 22.1 Å². The molecule has 0 unspecified atom stereocenters. The number of para-hydroxylation sites is 2. The lowest BCUT2D eigenvalue weighted by Crippen LogP contribution is -2.25. The summed E-state index contributed by atoms with van der Waals surface area (Å²) in [5.74, 6) is 0.208. The third kappa shape index (κ3) is 4.70. The lowest BCUT2D eigenvalue weighted by atomic mass is 10.1. The number of amides is 1. The number of nitrogens with one attached hydrogen (secondary N) is 2. The van der Waals surface area contributed by atoms with Crippen LogP contribution in [-0.4, -0.2) is 23.7 Å². The fourth-order valence-corrected chi connectivity index (χ4v) is 2.58. The summed E-state index contributed by atoms with van der Waals surface area (Å²) in [7, 11) is 0. The number of hydrogen-bond acceptors (Lipinski definition) is 4. The molecule has 2 aromatic carbocycles. The maximum Gasteiger partial charge on any atom is 0.277 e. The van der Waals surface area contributed by atoms with E-state index in [-0.39, 0.29) is 12.2 Å². The van der Waals surface area contributed by atoms with Crippen molar-refractivity contribution < 1.29 is 9.53 Å². The van der Waals surface area contributed by atoms with Crippen molar-refractivity contribution in [2.75, 3.05) is 6.61 Å². The molecule has 1 amide bonds. The van der Waals surface area contributed by atoms with Gasteiger partial charge in [-0.1, -0.05) is 42.5 Å². The van der Waals surface area contributed by atoms with Gasteiger partial charge < -0.3 is 9.72 Å². The van der Waals surface area contributed by atoms with Gasteiger partial charge in [0.05, 0.1) is 11.8 Å². The first-order valence-corrected chi connectivity index (χ1v) is 8.43. The van der Waals surface area contributed by atoms with Gasteiger partial charge in [0.2, 0.25) is 0 Å². The van der Waals surface area contributed by atoms with Gasteiger partial charge in [0.15, 0.2) is 6.61 Å². The van der Waals surface area contributed by atoms with E-state index in [0.717, 1.165) is 16.5 Å². The van der Waals surface area contributed by atoms with Crippen molar-refractivity contribution in [3.63, 3.8) is 0 Å². The first kappa shape index (κ1) is 18.1. The van der Waals surface area contributed by atoms with Crippen molar-refractivity contribution in [2.24, 2.45) is 5.10 Å². The topological polar surface area (TPSA) is 83.5 Å². The normalized spacial score (nSPS) is 10.8. The standard InChI is InChI=1S/C21H19N3O3/c1-2-7-15-8-4-6-11-19(15)27-14-20(25)24-22-13-17-12-16-9-3-5-10-18(16)23-21(17)26/h2-6,8-13H,1,7,14H2,(H,23,26)(H,24,25). The van der Waals surface area contributed by atoms with Gasteiger partial charge >= 0.3 is 0 Å². The van der Waals surface area contributed by atoms with Crippen molar-refractivity contribution in [1.29, 1.82) is 0 Å². The number of hydrazone groups is 1. The number of ether oxygens (including phenoxy) is 1. The molecular weight excluding hydrogens is 342 g/mol. The molecule has 0 aliphatic heterocycles. The smallest absolute Gasteiger partial charge is 0.277 e. The van der Waals surface area contributed by atoms with Crippen LogP contribution in [0.1, 0.15) is 11.1 Å². The minimum atomic E-state index is -0.420. The van der Waals surface area contributed by atoms with Gasteiger partial charge in [-0.15, -0.1) is 6.58 Å². The Morgan fingerprint density at radius 1 is 1.19 bits per heavy atom. The van der Waals surface area contributed by atoms with Crippen molar-refractivity contribution in [1.82, 2.24) is 10.4 Å². The highest BCUT2D eigenvalue weighted by Crippen LogP contribution is 2.18. The fraction of sp³-hybridized carbons (Fsp3) is 0.0952. The van der Waals surface area contributed by atoms with E-state index in [1.165, 1.54) is 6.21 Å². The molecule has 2 N–H and O–H groups in total. The highest BCUT2D eigenvalue weighted by molar-refractivity contribution is 5.88. The number of nitrogens with zero attached hydrogens (tertiary/aromatic N) is 1. The SMILES string of the molecule is C=CCc1ccccc1OCC(=O)NN=Cc1cc2ccccc2[nH]c1=O. The summed E-state index contributed by atoms with van der Waals surface area (Å²) in [4.78, 5) is 26.7. The third-order valence-corrected chi connectivity index (χ3v) is 3.87. The summed E-state index contributed by atoms with van der Waals surface area (Å²) in [5, 5.41) is 4.72. The number of pyridine rings is 1. The largest absolute Gasteiger partial charge is 0.483 e. The predicted molar refractivity (Wildman–Crippen MR) is 106 cm³/mol. The molecule has 1 heterocycles. The van der Waals surface area contributed by atoms with E-state index < -0.39 is 5.91 Å². The van der Waals surface area contributed by atoms with Gasteiger partial charge in [0.1, 0.15) is 5.75 Å². The molecular formula is C21H19N3O3. The van der Waals surface area contributed by atoms with Crippen molar-refractivity contribution in [3.05, 3.63) is 88.7 Å². The molecule has 27 heavy (non-hydrogen) atoms. The zero-order valence-corrected chi connectivity index (χ0v) is 14.6. The van der Waals surface area contributed by atoms with E-state index in [9.17, 15) is 9.59 Å². The Labute approximate surface area is 156 Å². The van der Waals surface area contributed by atoms with Gasteiger partial charge in [-0.05, 0) is 35.6 Å². The molecule has 0 radical (unpaired) electrons. The molecule has 3 aromatic rings. The minimum Gasteiger partial charge on any atom is -0.483 e. The Kier molecular flexibility index (Phi) is 5.79. The van der Waals surface area contributed by atoms with E-state index in [1.54, 1.807) is 18.2 Å². The van der Waals surface area contributed by atoms with Gasteiger partial charge in [-0.25, -0.2) is 5.43 Å². The second-order valence-corrected chi connectivity index (χ2v) is 5.82. The maximum atomic E-state index is 12.0. The summed E-state index contributed by atoms with van der Waals surface area (Å²) in [6, 6.07) is 16.6. The van der Waals surface area contributed by atoms with Gasteiger partial charge in [-0.3, -0.25) is 9.59 Å². The second-order valence-electron chi connectivity index (χ2n) is 5.82. The van der Waals surface area contributed by atoms with Crippen LogP contribution in [0.3, 0.4) is 0 Å². The zero-order chi connectivity index (χ0) is 19.1. The number of aromatic amines is 1.